The molecular weight excluding hydrogens is 186 g/mol. The van der Waals surface area contributed by atoms with Gasteiger partial charge in [-0.25, -0.2) is 8.78 Å². The van der Waals surface area contributed by atoms with Crippen molar-refractivity contribution >= 4 is 6.29 Å². The van der Waals surface area contributed by atoms with Crippen molar-refractivity contribution in [2.75, 3.05) is 0 Å². The number of hydrogen-bond donors (Lipinski definition) is 0. The number of carbonyl (C=O) groups is 1. The van der Waals surface area contributed by atoms with Gasteiger partial charge < -0.3 is 4.79 Å². The Morgan fingerprint density at radius 3 is 2.57 bits per heavy atom. The van der Waals surface area contributed by atoms with Crippen LogP contribution in [0.3, 0.4) is 0 Å². The maximum absolute atomic E-state index is 13.0. The third-order valence-electron chi connectivity index (χ3n) is 2.25. The predicted molar refractivity (Wildman–Crippen MR) is 50.2 cm³/mol. The molecule has 1 nitrogen and oxygen atoms in total. The van der Waals surface area contributed by atoms with E-state index in [0.29, 0.717) is 12.0 Å². The van der Waals surface area contributed by atoms with Crippen molar-refractivity contribution in [3.8, 4) is 0 Å². The van der Waals surface area contributed by atoms with E-state index in [9.17, 15) is 13.6 Å². The van der Waals surface area contributed by atoms with E-state index in [1.807, 2.05) is 0 Å². The van der Waals surface area contributed by atoms with Crippen molar-refractivity contribution in [2.45, 2.75) is 26.2 Å². The average Bonchev–Trinajstić information content (AvgIpc) is 2.13. The zero-order chi connectivity index (χ0) is 10.7. The summed E-state index contributed by atoms with van der Waals surface area (Å²) in [6.45, 7) is 3.32. The second-order valence-corrected chi connectivity index (χ2v) is 3.44. The molecule has 76 valence electrons. The molecule has 0 radical (unpaired) electrons. The summed E-state index contributed by atoms with van der Waals surface area (Å²) in [5.74, 6) is -1.73. The molecule has 0 fully saturated rings. The van der Waals surface area contributed by atoms with Gasteiger partial charge in [-0.3, -0.25) is 0 Å². The van der Waals surface area contributed by atoms with Gasteiger partial charge in [0.25, 0.3) is 0 Å². The standard InChI is InChI=1S/C11H12F2O/c1-7(3-4-14)9-5-8(2)11(13)10(12)6-9/h4-7H,3H2,1-2H3. The van der Waals surface area contributed by atoms with Crippen LogP contribution in [0.25, 0.3) is 0 Å². The van der Waals surface area contributed by atoms with Crippen molar-refractivity contribution in [3.63, 3.8) is 0 Å². The topological polar surface area (TPSA) is 17.1 Å². The van der Waals surface area contributed by atoms with Crippen LogP contribution in [0, 0.1) is 18.6 Å². The lowest BCUT2D eigenvalue weighted by Gasteiger charge is -2.10. The smallest absolute Gasteiger partial charge is 0.161 e. The molecule has 0 amide bonds. The molecule has 0 aliphatic heterocycles. The summed E-state index contributed by atoms with van der Waals surface area (Å²) in [7, 11) is 0. The van der Waals surface area contributed by atoms with Gasteiger partial charge in [0.2, 0.25) is 0 Å². The van der Waals surface area contributed by atoms with Gasteiger partial charge in [0.05, 0.1) is 0 Å². The van der Waals surface area contributed by atoms with Gasteiger partial charge in [0, 0.05) is 6.42 Å². The number of carbonyl (C=O) groups excluding carboxylic acids is 1. The molecule has 0 aliphatic rings. The molecule has 0 saturated heterocycles. The third-order valence-corrected chi connectivity index (χ3v) is 2.25. The summed E-state index contributed by atoms with van der Waals surface area (Å²) < 4.78 is 25.9. The number of aryl methyl sites for hydroxylation is 1. The van der Waals surface area contributed by atoms with Gasteiger partial charge in [-0.1, -0.05) is 13.0 Å². The molecule has 1 aromatic carbocycles. The van der Waals surface area contributed by atoms with E-state index in [0.717, 1.165) is 12.4 Å². The Morgan fingerprint density at radius 2 is 2.07 bits per heavy atom. The highest BCUT2D eigenvalue weighted by molar-refractivity contribution is 5.51. The summed E-state index contributed by atoms with van der Waals surface area (Å²) in [6, 6.07) is 2.73. The van der Waals surface area contributed by atoms with Crippen LogP contribution in [-0.4, -0.2) is 6.29 Å². The molecule has 1 atom stereocenters. The molecule has 1 rings (SSSR count). The van der Waals surface area contributed by atoms with Gasteiger partial charge >= 0.3 is 0 Å². The molecule has 14 heavy (non-hydrogen) atoms. The minimum atomic E-state index is -0.849. The first-order chi connectivity index (χ1) is 6.56. The largest absolute Gasteiger partial charge is 0.303 e. The molecular formula is C11H12F2O. The summed E-state index contributed by atoms with van der Waals surface area (Å²) >= 11 is 0. The zero-order valence-corrected chi connectivity index (χ0v) is 8.18. The van der Waals surface area contributed by atoms with Crippen molar-refractivity contribution in [1.29, 1.82) is 0 Å². The number of halogens is 2. The van der Waals surface area contributed by atoms with E-state index in [2.05, 4.69) is 0 Å². The van der Waals surface area contributed by atoms with Crippen LogP contribution >= 0.6 is 0 Å². The SMILES string of the molecule is Cc1cc(C(C)CC=O)cc(F)c1F. The maximum Gasteiger partial charge on any atom is 0.161 e. The Morgan fingerprint density at radius 1 is 1.43 bits per heavy atom. The van der Waals surface area contributed by atoms with Crippen LogP contribution in [0.4, 0.5) is 8.78 Å². The normalized spacial score (nSPS) is 12.6. The molecule has 0 heterocycles. The number of benzene rings is 1. The zero-order valence-electron chi connectivity index (χ0n) is 8.18. The first-order valence-electron chi connectivity index (χ1n) is 4.45. The van der Waals surface area contributed by atoms with Crippen molar-refractivity contribution < 1.29 is 13.6 Å². The Labute approximate surface area is 81.7 Å². The lowest BCUT2D eigenvalue weighted by molar-refractivity contribution is -0.108. The highest BCUT2D eigenvalue weighted by Gasteiger charge is 2.11. The lowest BCUT2D eigenvalue weighted by atomic mass is 9.96. The van der Waals surface area contributed by atoms with Gasteiger partial charge in [0.15, 0.2) is 11.6 Å². The van der Waals surface area contributed by atoms with Crippen LogP contribution in [0.15, 0.2) is 12.1 Å². The molecule has 1 unspecified atom stereocenters. The minimum absolute atomic E-state index is 0.0682. The molecule has 0 aliphatic carbocycles. The molecule has 0 bridgehead atoms. The predicted octanol–water partition coefficient (Wildman–Crippen LogP) is 2.97. The Bertz CT molecular complexity index is 324. The molecule has 0 spiro atoms. The summed E-state index contributed by atoms with van der Waals surface area (Å²) in [5, 5.41) is 0. The van der Waals surface area contributed by atoms with E-state index >= 15 is 0 Å². The van der Waals surface area contributed by atoms with Crippen LogP contribution in [-0.2, 0) is 4.79 Å². The number of rotatable bonds is 3. The van der Waals surface area contributed by atoms with E-state index in [-0.39, 0.29) is 11.5 Å². The van der Waals surface area contributed by atoms with E-state index in [1.54, 1.807) is 13.0 Å². The second kappa shape index (κ2) is 4.31. The van der Waals surface area contributed by atoms with Gasteiger partial charge in [-0.15, -0.1) is 0 Å². The number of hydrogen-bond acceptors (Lipinski definition) is 1. The maximum atomic E-state index is 13.0. The molecule has 0 aromatic heterocycles. The molecule has 0 saturated carbocycles. The quantitative estimate of drug-likeness (QED) is 0.682. The fourth-order valence-corrected chi connectivity index (χ4v) is 1.32. The summed E-state index contributed by atoms with van der Waals surface area (Å²) in [4.78, 5) is 10.3. The Hall–Kier alpha value is -1.25. The van der Waals surface area contributed by atoms with Crippen molar-refractivity contribution in [2.24, 2.45) is 0 Å². The van der Waals surface area contributed by atoms with Crippen molar-refractivity contribution in [3.05, 3.63) is 34.9 Å². The van der Waals surface area contributed by atoms with Crippen molar-refractivity contribution in [1.82, 2.24) is 0 Å². The third kappa shape index (κ3) is 2.16. The van der Waals surface area contributed by atoms with Crippen LogP contribution in [0.2, 0.25) is 0 Å². The Kier molecular flexibility index (Phi) is 3.33. The molecule has 1 aromatic rings. The van der Waals surface area contributed by atoms with Crippen LogP contribution < -0.4 is 0 Å². The molecule has 3 heteroatoms. The van der Waals surface area contributed by atoms with Crippen LogP contribution in [0.1, 0.15) is 30.4 Å². The lowest BCUT2D eigenvalue weighted by Crippen LogP contribution is -1.98. The monoisotopic (exact) mass is 198 g/mol. The highest BCUT2D eigenvalue weighted by Crippen LogP contribution is 2.22. The summed E-state index contributed by atoms with van der Waals surface area (Å²) in [5.41, 5.74) is 0.936. The Balaban J connectivity index is 3.05. The first-order valence-corrected chi connectivity index (χ1v) is 4.45. The van der Waals surface area contributed by atoms with E-state index in [4.69, 9.17) is 0 Å². The minimum Gasteiger partial charge on any atom is -0.303 e. The summed E-state index contributed by atoms with van der Waals surface area (Å²) in [6.07, 6.45) is 1.10. The van der Waals surface area contributed by atoms with E-state index in [1.165, 1.54) is 6.92 Å². The van der Waals surface area contributed by atoms with Gasteiger partial charge in [-0.05, 0) is 30.0 Å². The van der Waals surface area contributed by atoms with E-state index < -0.39 is 11.6 Å². The number of aldehydes is 1. The average molecular weight is 198 g/mol. The second-order valence-electron chi connectivity index (χ2n) is 3.44. The van der Waals surface area contributed by atoms with Crippen LogP contribution in [0.5, 0.6) is 0 Å². The van der Waals surface area contributed by atoms with Gasteiger partial charge in [0.1, 0.15) is 6.29 Å². The molecule has 0 N–H and O–H groups in total. The first kappa shape index (κ1) is 10.8. The fraction of sp³-hybridized carbons (Fsp3) is 0.364. The highest BCUT2D eigenvalue weighted by atomic mass is 19.2. The fourth-order valence-electron chi connectivity index (χ4n) is 1.32. The van der Waals surface area contributed by atoms with Gasteiger partial charge in [-0.2, -0.15) is 0 Å².